The summed E-state index contributed by atoms with van der Waals surface area (Å²) in [6.07, 6.45) is 3.00. The Balaban J connectivity index is 1.34. The number of benzene rings is 2. The number of aryl methyl sites for hydroxylation is 1. The standard InChI is InChI=1S/C21H17N3O2S/c1-14-23-18(13-27-14)16-8-6-15(7-9-16)12-22-20(25)10-11-21-24-17-4-2-3-5-19(17)26-21/h2-11,13H,12H2,1H3,(H,22,25)/b11-10-. The van der Waals surface area contributed by atoms with Crippen molar-refractivity contribution in [3.8, 4) is 11.3 Å². The van der Waals surface area contributed by atoms with E-state index in [1.54, 1.807) is 17.4 Å². The number of amides is 1. The maximum absolute atomic E-state index is 12.0. The van der Waals surface area contributed by atoms with Crippen molar-refractivity contribution in [2.75, 3.05) is 0 Å². The summed E-state index contributed by atoms with van der Waals surface area (Å²) in [6, 6.07) is 15.5. The molecule has 0 fully saturated rings. The monoisotopic (exact) mass is 375 g/mol. The third-order valence-electron chi connectivity index (χ3n) is 4.02. The second kappa shape index (κ2) is 7.55. The first-order chi connectivity index (χ1) is 13.2. The highest BCUT2D eigenvalue weighted by molar-refractivity contribution is 7.09. The molecule has 2 aromatic carbocycles. The number of rotatable bonds is 5. The van der Waals surface area contributed by atoms with Gasteiger partial charge in [0.15, 0.2) is 5.58 Å². The van der Waals surface area contributed by atoms with E-state index in [-0.39, 0.29) is 5.91 Å². The summed E-state index contributed by atoms with van der Waals surface area (Å²) >= 11 is 1.63. The van der Waals surface area contributed by atoms with Gasteiger partial charge in [0.1, 0.15) is 5.52 Å². The number of hydrogen-bond acceptors (Lipinski definition) is 5. The van der Waals surface area contributed by atoms with E-state index in [0.29, 0.717) is 18.0 Å². The Hall–Kier alpha value is -3.25. The SMILES string of the molecule is Cc1nc(-c2ccc(CNC(=O)/C=C\c3nc4ccccc4o3)cc2)cs1. The summed E-state index contributed by atoms with van der Waals surface area (Å²) in [4.78, 5) is 20.8. The molecular weight excluding hydrogens is 358 g/mol. The zero-order valence-corrected chi connectivity index (χ0v) is 15.5. The van der Waals surface area contributed by atoms with Crippen LogP contribution in [0.1, 0.15) is 16.5 Å². The molecule has 2 heterocycles. The highest BCUT2D eigenvalue weighted by Crippen LogP contribution is 2.21. The molecule has 134 valence electrons. The fourth-order valence-corrected chi connectivity index (χ4v) is 3.27. The molecule has 1 N–H and O–H groups in total. The van der Waals surface area contributed by atoms with Gasteiger partial charge in [0.2, 0.25) is 11.8 Å². The molecule has 1 amide bonds. The predicted octanol–water partition coefficient (Wildman–Crippen LogP) is 4.59. The fourth-order valence-electron chi connectivity index (χ4n) is 2.65. The molecule has 4 aromatic rings. The molecule has 0 unspecified atom stereocenters. The lowest BCUT2D eigenvalue weighted by Crippen LogP contribution is -2.20. The van der Waals surface area contributed by atoms with Gasteiger partial charge in [-0.25, -0.2) is 9.97 Å². The molecule has 0 bridgehead atoms. The van der Waals surface area contributed by atoms with Crippen LogP contribution < -0.4 is 5.32 Å². The van der Waals surface area contributed by atoms with E-state index in [1.807, 2.05) is 60.8 Å². The highest BCUT2D eigenvalue weighted by atomic mass is 32.1. The van der Waals surface area contributed by atoms with Crippen LogP contribution in [0.25, 0.3) is 28.4 Å². The lowest BCUT2D eigenvalue weighted by Gasteiger charge is -2.03. The first-order valence-corrected chi connectivity index (χ1v) is 9.38. The number of thiazole rings is 1. The minimum atomic E-state index is -0.198. The van der Waals surface area contributed by atoms with Gasteiger partial charge in [0.05, 0.1) is 10.7 Å². The Morgan fingerprint density at radius 2 is 1.96 bits per heavy atom. The van der Waals surface area contributed by atoms with Gasteiger partial charge in [0, 0.05) is 29.6 Å². The van der Waals surface area contributed by atoms with Crippen molar-refractivity contribution in [2.24, 2.45) is 0 Å². The lowest BCUT2D eigenvalue weighted by molar-refractivity contribution is -0.116. The van der Waals surface area contributed by atoms with E-state index in [9.17, 15) is 4.79 Å². The second-order valence-corrected chi connectivity index (χ2v) is 7.08. The fraction of sp³-hybridized carbons (Fsp3) is 0.0952. The molecule has 0 atom stereocenters. The number of oxazole rings is 1. The average Bonchev–Trinajstić information content (AvgIpc) is 3.31. The van der Waals surface area contributed by atoms with E-state index in [4.69, 9.17) is 4.42 Å². The van der Waals surface area contributed by atoms with Gasteiger partial charge >= 0.3 is 0 Å². The second-order valence-electron chi connectivity index (χ2n) is 6.02. The van der Waals surface area contributed by atoms with E-state index in [0.717, 1.165) is 27.3 Å². The smallest absolute Gasteiger partial charge is 0.244 e. The van der Waals surface area contributed by atoms with Crippen molar-refractivity contribution in [3.05, 3.63) is 76.4 Å². The summed E-state index contributed by atoms with van der Waals surface area (Å²) in [5, 5.41) is 5.95. The molecule has 0 aliphatic carbocycles. The Morgan fingerprint density at radius 1 is 1.15 bits per heavy atom. The van der Waals surface area contributed by atoms with Crippen LogP contribution in [0.15, 0.2) is 64.4 Å². The van der Waals surface area contributed by atoms with Gasteiger partial charge in [-0.2, -0.15) is 0 Å². The zero-order valence-electron chi connectivity index (χ0n) is 14.7. The third-order valence-corrected chi connectivity index (χ3v) is 4.80. The van der Waals surface area contributed by atoms with Crippen molar-refractivity contribution in [1.29, 1.82) is 0 Å². The van der Waals surface area contributed by atoms with Crippen molar-refractivity contribution in [3.63, 3.8) is 0 Å². The summed E-state index contributed by atoms with van der Waals surface area (Å²) in [5.74, 6) is 0.214. The number of nitrogens with zero attached hydrogens (tertiary/aromatic N) is 2. The maximum atomic E-state index is 12.0. The minimum absolute atomic E-state index is 0.198. The predicted molar refractivity (Wildman–Crippen MR) is 107 cm³/mol. The van der Waals surface area contributed by atoms with Crippen LogP contribution in [-0.2, 0) is 11.3 Å². The summed E-state index contributed by atoms with van der Waals surface area (Å²) in [7, 11) is 0. The molecule has 27 heavy (non-hydrogen) atoms. The largest absolute Gasteiger partial charge is 0.437 e. The third kappa shape index (κ3) is 4.12. The van der Waals surface area contributed by atoms with E-state index < -0.39 is 0 Å². The van der Waals surface area contributed by atoms with Crippen molar-refractivity contribution in [1.82, 2.24) is 15.3 Å². The number of fused-ring (bicyclic) bond motifs is 1. The number of nitrogens with one attached hydrogen (secondary N) is 1. The molecule has 5 nitrogen and oxygen atoms in total. The van der Waals surface area contributed by atoms with Crippen molar-refractivity contribution >= 4 is 34.4 Å². The molecule has 0 aliphatic heterocycles. The van der Waals surface area contributed by atoms with Gasteiger partial charge in [-0.05, 0) is 24.6 Å². The molecule has 0 saturated heterocycles. The Bertz CT molecular complexity index is 1080. The summed E-state index contributed by atoms with van der Waals surface area (Å²) in [6.45, 7) is 2.44. The van der Waals surface area contributed by atoms with Crippen LogP contribution in [0, 0.1) is 6.92 Å². The van der Waals surface area contributed by atoms with Crippen LogP contribution in [0.4, 0.5) is 0 Å². The van der Waals surface area contributed by atoms with Gasteiger partial charge < -0.3 is 9.73 Å². The van der Waals surface area contributed by atoms with Crippen LogP contribution in [0.3, 0.4) is 0 Å². The maximum Gasteiger partial charge on any atom is 0.244 e. The number of aromatic nitrogens is 2. The van der Waals surface area contributed by atoms with Gasteiger partial charge in [-0.1, -0.05) is 36.4 Å². The van der Waals surface area contributed by atoms with Crippen LogP contribution in [0.2, 0.25) is 0 Å². The molecule has 0 spiro atoms. The Morgan fingerprint density at radius 3 is 2.70 bits per heavy atom. The van der Waals surface area contributed by atoms with E-state index in [1.165, 1.54) is 6.08 Å². The molecule has 0 saturated carbocycles. The Kier molecular flexibility index (Phi) is 4.80. The topological polar surface area (TPSA) is 68.0 Å². The molecule has 0 aliphatic rings. The quantitative estimate of drug-likeness (QED) is 0.518. The van der Waals surface area contributed by atoms with Gasteiger partial charge in [0.25, 0.3) is 0 Å². The summed E-state index contributed by atoms with van der Waals surface area (Å²) in [5.41, 5.74) is 4.55. The molecule has 2 aromatic heterocycles. The van der Waals surface area contributed by atoms with Crippen LogP contribution in [0.5, 0.6) is 0 Å². The van der Waals surface area contributed by atoms with E-state index in [2.05, 4.69) is 15.3 Å². The first kappa shape index (κ1) is 17.2. The Labute approximate surface area is 160 Å². The summed E-state index contributed by atoms with van der Waals surface area (Å²) < 4.78 is 5.56. The number of hydrogen-bond donors (Lipinski definition) is 1. The zero-order chi connectivity index (χ0) is 18.6. The first-order valence-electron chi connectivity index (χ1n) is 8.50. The van der Waals surface area contributed by atoms with E-state index >= 15 is 0 Å². The van der Waals surface area contributed by atoms with Crippen LogP contribution in [-0.4, -0.2) is 15.9 Å². The molecule has 6 heteroatoms. The number of para-hydroxylation sites is 2. The lowest BCUT2D eigenvalue weighted by atomic mass is 10.1. The minimum Gasteiger partial charge on any atom is -0.437 e. The molecular formula is C21H17N3O2S. The number of carbonyl (C=O) groups is 1. The normalized spacial score (nSPS) is 11.3. The van der Waals surface area contributed by atoms with Gasteiger partial charge in [-0.3, -0.25) is 4.79 Å². The van der Waals surface area contributed by atoms with Crippen molar-refractivity contribution in [2.45, 2.75) is 13.5 Å². The molecule has 4 rings (SSSR count). The average molecular weight is 375 g/mol. The van der Waals surface area contributed by atoms with Gasteiger partial charge in [-0.15, -0.1) is 11.3 Å². The van der Waals surface area contributed by atoms with Crippen molar-refractivity contribution < 1.29 is 9.21 Å². The molecule has 0 radical (unpaired) electrons. The number of carbonyl (C=O) groups excluding carboxylic acids is 1. The highest BCUT2D eigenvalue weighted by Gasteiger charge is 2.04. The van der Waals surface area contributed by atoms with Crippen LogP contribution >= 0.6 is 11.3 Å².